The van der Waals surface area contributed by atoms with Crippen LogP contribution in [0.3, 0.4) is 0 Å². The van der Waals surface area contributed by atoms with Crippen LogP contribution in [0.15, 0.2) is 6.20 Å². The first-order valence-corrected chi connectivity index (χ1v) is 4.04. The zero-order valence-electron chi connectivity index (χ0n) is 7.14. The van der Waals surface area contributed by atoms with Gasteiger partial charge in [-0.15, -0.1) is 5.10 Å². The number of hydrogen-bond acceptors (Lipinski definition) is 4. The van der Waals surface area contributed by atoms with E-state index in [-0.39, 0.29) is 12.6 Å². The van der Waals surface area contributed by atoms with E-state index in [0.29, 0.717) is 6.54 Å². The molecule has 5 heteroatoms. The molecule has 0 saturated carbocycles. The molecule has 0 spiro atoms. The smallest absolute Gasteiger partial charge is 0.0994 e. The number of nitrogens with zero attached hydrogens (tertiary/aromatic N) is 3. The predicted octanol–water partition coefficient (Wildman–Crippen LogP) is -0.320. The Labute approximate surface area is 71.2 Å². The summed E-state index contributed by atoms with van der Waals surface area (Å²) >= 11 is 0. The molecular formula is C7H14N4O. The van der Waals surface area contributed by atoms with Gasteiger partial charge >= 0.3 is 0 Å². The SMILES string of the molecule is CCC(N)c1cn(CCO)nn1. The molecule has 0 aliphatic carbocycles. The van der Waals surface area contributed by atoms with Gasteiger partial charge in [-0.2, -0.15) is 0 Å². The number of nitrogens with two attached hydrogens (primary N) is 1. The number of aromatic nitrogens is 3. The van der Waals surface area contributed by atoms with E-state index in [2.05, 4.69) is 10.3 Å². The fraction of sp³-hybridized carbons (Fsp3) is 0.714. The van der Waals surface area contributed by atoms with Crippen molar-refractivity contribution >= 4 is 0 Å². The van der Waals surface area contributed by atoms with E-state index >= 15 is 0 Å². The number of aliphatic hydroxyl groups is 1. The van der Waals surface area contributed by atoms with Crippen LogP contribution in [0.1, 0.15) is 25.1 Å². The van der Waals surface area contributed by atoms with Gasteiger partial charge in [-0.25, -0.2) is 4.68 Å². The molecule has 0 aromatic carbocycles. The monoisotopic (exact) mass is 170 g/mol. The summed E-state index contributed by atoms with van der Waals surface area (Å²) in [6, 6.07) is -0.0440. The molecule has 12 heavy (non-hydrogen) atoms. The molecule has 68 valence electrons. The average Bonchev–Trinajstić information content (AvgIpc) is 2.52. The lowest BCUT2D eigenvalue weighted by Crippen LogP contribution is -2.08. The minimum atomic E-state index is -0.0440. The molecule has 1 rings (SSSR count). The molecule has 0 radical (unpaired) electrons. The average molecular weight is 170 g/mol. The van der Waals surface area contributed by atoms with Crippen LogP contribution in [0.2, 0.25) is 0 Å². The number of aliphatic hydroxyl groups excluding tert-OH is 1. The highest BCUT2D eigenvalue weighted by atomic mass is 16.3. The van der Waals surface area contributed by atoms with Crippen molar-refractivity contribution in [2.24, 2.45) is 5.73 Å². The van der Waals surface area contributed by atoms with Crippen molar-refractivity contribution in [2.45, 2.75) is 25.9 Å². The highest BCUT2D eigenvalue weighted by molar-refractivity contribution is 4.98. The largest absolute Gasteiger partial charge is 0.394 e. The van der Waals surface area contributed by atoms with E-state index in [0.717, 1.165) is 12.1 Å². The summed E-state index contributed by atoms with van der Waals surface area (Å²) in [5.74, 6) is 0. The van der Waals surface area contributed by atoms with Gasteiger partial charge in [0.2, 0.25) is 0 Å². The zero-order chi connectivity index (χ0) is 8.97. The van der Waals surface area contributed by atoms with E-state index in [1.807, 2.05) is 6.92 Å². The first-order valence-electron chi connectivity index (χ1n) is 4.04. The fourth-order valence-electron chi connectivity index (χ4n) is 0.904. The van der Waals surface area contributed by atoms with Crippen LogP contribution in [0, 0.1) is 0 Å². The number of hydrogen-bond donors (Lipinski definition) is 2. The van der Waals surface area contributed by atoms with E-state index in [4.69, 9.17) is 10.8 Å². The minimum absolute atomic E-state index is 0.0440. The summed E-state index contributed by atoms with van der Waals surface area (Å²) in [4.78, 5) is 0. The van der Waals surface area contributed by atoms with Crippen LogP contribution in [-0.4, -0.2) is 26.7 Å². The lowest BCUT2D eigenvalue weighted by molar-refractivity contribution is 0.268. The third kappa shape index (κ3) is 2.02. The van der Waals surface area contributed by atoms with Gasteiger partial charge in [0.25, 0.3) is 0 Å². The highest BCUT2D eigenvalue weighted by Gasteiger charge is 2.07. The van der Waals surface area contributed by atoms with Crippen molar-refractivity contribution in [3.05, 3.63) is 11.9 Å². The minimum Gasteiger partial charge on any atom is -0.394 e. The molecule has 3 N–H and O–H groups in total. The Morgan fingerprint density at radius 3 is 3.08 bits per heavy atom. The Morgan fingerprint density at radius 1 is 1.75 bits per heavy atom. The Hall–Kier alpha value is -0.940. The lowest BCUT2D eigenvalue weighted by Gasteiger charge is -2.01. The quantitative estimate of drug-likeness (QED) is 0.649. The maximum absolute atomic E-state index is 8.60. The van der Waals surface area contributed by atoms with Crippen molar-refractivity contribution in [1.29, 1.82) is 0 Å². The molecule has 1 atom stereocenters. The van der Waals surface area contributed by atoms with Crippen molar-refractivity contribution in [1.82, 2.24) is 15.0 Å². The van der Waals surface area contributed by atoms with Gasteiger partial charge in [-0.3, -0.25) is 0 Å². The van der Waals surface area contributed by atoms with Gasteiger partial charge in [0.1, 0.15) is 0 Å². The van der Waals surface area contributed by atoms with Crippen LogP contribution in [0.5, 0.6) is 0 Å². The third-order valence-corrected chi connectivity index (χ3v) is 1.71. The summed E-state index contributed by atoms with van der Waals surface area (Å²) in [5.41, 5.74) is 6.51. The van der Waals surface area contributed by atoms with Gasteiger partial charge < -0.3 is 10.8 Å². The molecule has 0 bridgehead atoms. The molecule has 0 aliphatic rings. The molecule has 5 nitrogen and oxygen atoms in total. The van der Waals surface area contributed by atoms with Crippen LogP contribution >= 0.6 is 0 Å². The van der Waals surface area contributed by atoms with Gasteiger partial charge in [0.05, 0.1) is 31.1 Å². The summed E-state index contributed by atoms with van der Waals surface area (Å²) in [7, 11) is 0. The molecule has 0 fully saturated rings. The summed E-state index contributed by atoms with van der Waals surface area (Å²) < 4.78 is 1.59. The van der Waals surface area contributed by atoms with Crippen LogP contribution in [0.4, 0.5) is 0 Å². The van der Waals surface area contributed by atoms with Gasteiger partial charge in [0.15, 0.2) is 0 Å². The second-order valence-electron chi connectivity index (χ2n) is 2.64. The molecule has 0 saturated heterocycles. The second-order valence-corrected chi connectivity index (χ2v) is 2.64. The van der Waals surface area contributed by atoms with Gasteiger partial charge in [0, 0.05) is 0 Å². The third-order valence-electron chi connectivity index (χ3n) is 1.71. The standard InChI is InChI=1S/C7H14N4O/c1-2-6(8)7-5-11(3-4-12)10-9-7/h5-6,12H,2-4,8H2,1H3. The molecule has 1 heterocycles. The van der Waals surface area contributed by atoms with Gasteiger partial charge in [-0.05, 0) is 6.42 Å². The highest BCUT2D eigenvalue weighted by Crippen LogP contribution is 2.08. The molecule has 0 aliphatic heterocycles. The molecule has 0 amide bonds. The summed E-state index contributed by atoms with van der Waals surface area (Å²) in [6.07, 6.45) is 2.61. The molecule has 1 aromatic heterocycles. The normalized spacial score (nSPS) is 13.2. The molecular weight excluding hydrogens is 156 g/mol. The fourth-order valence-corrected chi connectivity index (χ4v) is 0.904. The van der Waals surface area contributed by atoms with Crippen molar-refractivity contribution in [3.8, 4) is 0 Å². The van der Waals surface area contributed by atoms with Crippen LogP contribution in [-0.2, 0) is 6.54 Å². The molecule has 1 aromatic rings. The van der Waals surface area contributed by atoms with Crippen LogP contribution < -0.4 is 5.73 Å². The topological polar surface area (TPSA) is 77.0 Å². The Morgan fingerprint density at radius 2 is 2.50 bits per heavy atom. The Bertz CT molecular complexity index is 235. The predicted molar refractivity (Wildman–Crippen MR) is 44.3 cm³/mol. The first-order chi connectivity index (χ1) is 5.77. The van der Waals surface area contributed by atoms with Crippen molar-refractivity contribution < 1.29 is 5.11 Å². The van der Waals surface area contributed by atoms with Crippen molar-refractivity contribution in [2.75, 3.05) is 6.61 Å². The molecule has 1 unspecified atom stereocenters. The van der Waals surface area contributed by atoms with Crippen LogP contribution in [0.25, 0.3) is 0 Å². The van der Waals surface area contributed by atoms with E-state index in [1.165, 1.54) is 0 Å². The maximum Gasteiger partial charge on any atom is 0.0994 e. The number of rotatable bonds is 4. The summed E-state index contributed by atoms with van der Waals surface area (Å²) in [5, 5.41) is 16.3. The van der Waals surface area contributed by atoms with E-state index < -0.39 is 0 Å². The van der Waals surface area contributed by atoms with Crippen molar-refractivity contribution in [3.63, 3.8) is 0 Å². The summed E-state index contributed by atoms with van der Waals surface area (Å²) in [6.45, 7) is 2.54. The second kappa shape index (κ2) is 4.18. The first kappa shape index (κ1) is 9.15. The Balaban J connectivity index is 2.63. The van der Waals surface area contributed by atoms with E-state index in [1.54, 1.807) is 10.9 Å². The zero-order valence-corrected chi connectivity index (χ0v) is 7.14. The maximum atomic E-state index is 8.60. The lowest BCUT2D eigenvalue weighted by atomic mass is 10.2. The van der Waals surface area contributed by atoms with E-state index in [9.17, 15) is 0 Å². The van der Waals surface area contributed by atoms with Gasteiger partial charge in [-0.1, -0.05) is 12.1 Å². The Kier molecular flexibility index (Phi) is 3.19.